The molecule has 0 spiro atoms. The minimum atomic E-state index is -4.49. The lowest BCUT2D eigenvalue weighted by atomic mass is 10.1. The van der Waals surface area contributed by atoms with Crippen LogP contribution in [0.2, 0.25) is 0 Å². The van der Waals surface area contributed by atoms with E-state index in [1.165, 1.54) is 4.57 Å². The number of phosphoric ester groups is 1. The van der Waals surface area contributed by atoms with Crippen molar-refractivity contribution in [3.63, 3.8) is 0 Å². The van der Waals surface area contributed by atoms with Crippen molar-refractivity contribution in [2.75, 3.05) is 12.3 Å². The average molecular weight is 423 g/mol. The normalized spacial score (nSPS) is 36.1. The van der Waals surface area contributed by atoms with Crippen LogP contribution < -0.4 is 16.2 Å². The molecule has 0 aromatic carbocycles. The number of nitrogens with two attached hydrogens (primary N) is 1. The Labute approximate surface area is 141 Å². The SMILES string of the molecule is Nc1nc2c(nc(Br)n2[C@@H]2O[C@@H]3COP(=O)([O-])O[C@H]3[C@H]2O)c(=O)[nH]1. The number of hydrogen-bond donors (Lipinski definition) is 3. The number of rotatable bonds is 1. The van der Waals surface area contributed by atoms with Crippen LogP contribution in [0.15, 0.2) is 9.53 Å². The summed E-state index contributed by atoms with van der Waals surface area (Å²) in [5.41, 5.74) is 5.02. The average Bonchev–Trinajstić information content (AvgIpc) is 2.96. The standard InChI is InChI=1S/C10H11BrN5O7P/c11-9-13-3-6(14-10(12)15-7(3)18)16(9)8-4(17)5-2(22-8)1-21-24(19,20)23-5/h2,4-5,8,17H,1H2,(H,19,20)(H3,12,14,15,18)/p-1/t2-,4-,5-,8-/m1/s1. The molecular formula is C10H10BrN5O7P-. The number of aliphatic hydroxyl groups is 1. The van der Waals surface area contributed by atoms with Crippen LogP contribution >= 0.6 is 23.8 Å². The zero-order chi connectivity index (χ0) is 17.2. The Bertz CT molecular complexity index is 930. The highest BCUT2D eigenvalue weighted by atomic mass is 79.9. The summed E-state index contributed by atoms with van der Waals surface area (Å²) in [4.78, 5) is 33.6. The van der Waals surface area contributed by atoms with Crippen molar-refractivity contribution in [3.8, 4) is 0 Å². The Kier molecular flexibility index (Phi) is 3.58. The first-order valence-corrected chi connectivity index (χ1v) is 8.93. The second-order valence-electron chi connectivity index (χ2n) is 5.24. The first-order valence-electron chi connectivity index (χ1n) is 6.67. The maximum atomic E-state index is 11.9. The number of H-pyrrole nitrogens is 1. The molecule has 4 rings (SSSR count). The van der Waals surface area contributed by atoms with E-state index in [4.69, 9.17) is 15.0 Å². The van der Waals surface area contributed by atoms with Gasteiger partial charge in [-0.2, -0.15) is 4.98 Å². The Morgan fingerprint density at radius 2 is 2.25 bits per heavy atom. The molecule has 2 aliphatic rings. The van der Waals surface area contributed by atoms with Crippen molar-refractivity contribution in [3.05, 3.63) is 15.1 Å². The predicted molar refractivity (Wildman–Crippen MR) is 78.6 cm³/mol. The monoisotopic (exact) mass is 422 g/mol. The maximum Gasteiger partial charge on any atom is 0.280 e. The number of phosphoric acid groups is 1. The van der Waals surface area contributed by atoms with E-state index in [1.54, 1.807) is 0 Å². The Morgan fingerprint density at radius 1 is 1.50 bits per heavy atom. The summed E-state index contributed by atoms with van der Waals surface area (Å²) in [5, 5.41) is 10.4. The molecule has 0 aliphatic carbocycles. The fourth-order valence-corrected chi connectivity index (χ4v) is 4.24. The van der Waals surface area contributed by atoms with Gasteiger partial charge in [0.25, 0.3) is 13.4 Å². The molecule has 0 saturated carbocycles. The van der Waals surface area contributed by atoms with Crippen molar-refractivity contribution < 1.29 is 28.3 Å². The quantitative estimate of drug-likeness (QED) is 0.365. The van der Waals surface area contributed by atoms with Crippen LogP contribution in [0.25, 0.3) is 11.2 Å². The smallest absolute Gasteiger partial charge is 0.280 e. The molecule has 1 unspecified atom stereocenters. The summed E-state index contributed by atoms with van der Waals surface area (Å²) in [5.74, 6) is -0.144. The van der Waals surface area contributed by atoms with Crippen molar-refractivity contribution in [2.24, 2.45) is 0 Å². The van der Waals surface area contributed by atoms with Crippen molar-refractivity contribution in [2.45, 2.75) is 24.5 Å². The number of nitrogens with zero attached hydrogens (tertiary/aromatic N) is 3. The van der Waals surface area contributed by atoms with Crippen molar-refractivity contribution >= 4 is 40.9 Å². The molecule has 2 fully saturated rings. The number of aliphatic hydroxyl groups excluding tert-OH is 1. The minimum absolute atomic E-state index is 0.0200. The highest BCUT2D eigenvalue weighted by molar-refractivity contribution is 9.10. The third-order valence-electron chi connectivity index (χ3n) is 3.74. The summed E-state index contributed by atoms with van der Waals surface area (Å²) >= 11 is 3.17. The molecule has 4 N–H and O–H groups in total. The molecule has 14 heteroatoms. The van der Waals surface area contributed by atoms with E-state index < -0.39 is 37.9 Å². The largest absolute Gasteiger partial charge is 0.756 e. The Balaban J connectivity index is 1.80. The number of nitrogens with one attached hydrogen (secondary N) is 1. The van der Waals surface area contributed by atoms with Crippen LogP contribution in [0.1, 0.15) is 6.23 Å². The first kappa shape index (κ1) is 16.1. The van der Waals surface area contributed by atoms with Gasteiger partial charge in [0.1, 0.15) is 18.3 Å². The molecule has 2 aromatic rings. The van der Waals surface area contributed by atoms with Crippen LogP contribution in [0.4, 0.5) is 5.95 Å². The van der Waals surface area contributed by atoms with Gasteiger partial charge in [-0.1, -0.05) is 0 Å². The maximum absolute atomic E-state index is 11.9. The molecule has 0 radical (unpaired) electrons. The van der Waals surface area contributed by atoms with Crippen LogP contribution in [0, 0.1) is 0 Å². The second-order valence-corrected chi connectivity index (χ2v) is 7.32. The van der Waals surface area contributed by atoms with Gasteiger partial charge in [0, 0.05) is 0 Å². The lowest BCUT2D eigenvalue weighted by molar-refractivity contribution is -0.245. The predicted octanol–water partition coefficient (Wildman–Crippen LogP) is -1.39. The summed E-state index contributed by atoms with van der Waals surface area (Å²) in [7, 11) is -4.49. The fraction of sp³-hybridized carbons (Fsp3) is 0.500. The van der Waals surface area contributed by atoms with Gasteiger partial charge in [-0.05, 0) is 15.9 Å². The van der Waals surface area contributed by atoms with Crippen molar-refractivity contribution in [1.29, 1.82) is 0 Å². The van der Waals surface area contributed by atoms with Gasteiger partial charge in [0.15, 0.2) is 22.1 Å². The molecule has 2 aromatic heterocycles. The zero-order valence-corrected chi connectivity index (χ0v) is 14.1. The third kappa shape index (κ3) is 2.40. The number of imidazole rings is 1. The number of ether oxygens (including phenoxy) is 1. The van der Waals surface area contributed by atoms with Gasteiger partial charge >= 0.3 is 0 Å². The number of halogens is 1. The molecule has 2 aliphatic heterocycles. The first-order chi connectivity index (χ1) is 11.3. The third-order valence-corrected chi connectivity index (χ3v) is 5.26. The van der Waals surface area contributed by atoms with E-state index in [0.29, 0.717) is 0 Å². The number of aromatic amines is 1. The summed E-state index contributed by atoms with van der Waals surface area (Å²) < 4.78 is 27.8. The number of fused-ring (bicyclic) bond motifs is 2. The molecule has 12 nitrogen and oxygen atoms in total. The van der Waals surface area contributed by atoms with Crippen molar-refractivity contribution in [1.82, 2.24) is 19.5 Å². The molecule has 130 valence electrons. The van der Waals surface area contributed by atoms with Gasteiger partial charge in [0.05, 0.1) is 6.61 Å². The van der Waals surface area contributed by atoms with Gasteiger partial charge < -0.3 is 29.5 Å². The van der Waals surface area contributed by atoms with Gasteiger partial charge in [-0.25, -0.2) is 4.98 Å². The van der Waals surface area contributed by atoms with Gasteiger partial charge in [-0.3, -0.25) is 18.9 Å². The van der Waals surface area contributed by atoms with Crippen LogP contribution in [-0.2, 0) is 18.3 Å². The van der Waals surface area contributed by atoms with Gasteiger partial charge in [0.2, 0.25) is 5.95 Å². The lowest BCUT2D eigenvalue weighted by Crippen LogP contribution is -2.41. The molecule has 5 atom stereocenters. The molecule has 0 amide bonds. The zero-order valence-electron chi connectivity index (χ0n) is 11.7. The Hall–Kier alpha value is -1.34. The van der Waals surface area contributed by atoms with E-state index in [2.05, 4.69) is 35.4 Å². The molecule has 4 heterocycles. The van der Waals surface area contributed by atoms with E-state index >= 15 is 0 Å². The number of nitrogen functional groups attached to an aromatic ring is 1. The number of anilines is 1. The van der Waals surface area contributed by atoms with Crippen LogP contribution in [-0.4, -0.2) is 49.5 Å². The number of aromatic nitrogens is 4. The van der Waals surface area contributed by atoms with Crippen LogP contribution in [0.3, 0.4) is 0 Å². The van der Waals surface area contributed by atoms with Crippen LogP contribution in [0.5, 0.6) is 0 Å². The summed E-state index contributed by atoms with van der Waals surface area (Å²) in [6, 6.07) is 0. The second kappa shape index (κ2) is 5.33. The topological polar surface area (TPSA) is 178 Å². The highest BCUT2D eigenvalue weighted by Gasteiger charge is 2.50. The molecule has 0 bridgehead atoms. The van der Waals surface area contributed by atoms with Gasteiger partial charge in [-0.15, -0.1) is 0 Å². The summed E-state index contributed by atoms with van der Waals surface area (Å²) in [6.07, 6.45) is -4.42. The molecular weight excluding hydrogens is 413 g/mol. The lowest BCUT2D eigenvalue weighted by Gasteiger charge is -2.34. The van der Waals surface area contributed by atoms with E-state index in [9.17, 15) is 19.4 Å². The summed E-state index contributed by atoms with van der Waals surface area (Å²) in [6.45, 7) is -0.292. The fourth-order valence-electron chi connectivity index (χ4n) is 2.74. The Morgan fingerprint density at radius 3 is 3.00 bits per heavy atom. The minimum Gasteiger partial charge on any atom is -0.756 e. The molecule has 24 heavy (non-hydrogen) atoms. The highest BCUT2D eigenvalue weighted by Crippen LogP contribution is 2.50. The number of hydrogen-bond acceptors (Lipinski definition) is 10. The van der Waals surface area contributed by atoms with E-state index in [0.717, 1.165) is 0 Å². The molecule has 2 saturated heterocycles. The van der Waals surface area contributed by atoms with E-state index in [-0.39, 0.29) is 28.5 Å². The van der Waals surface area contributed by atoms with E-state index in [1.807, 2.05) is 0 Å².